The quantitative estimate of drug-likeness (QED) is 0.0261. The van der Waals surface area contributed by atoms with Gasteiger partial charge in [0.25, 0.3) is 0 Å². The third-order valence-corrected chi connectivity index (χ3v) is 12.6. The van der Waals surface area contributed by atoms with Crippen LogP contribution in [0.1, 0.15) is 265 Å². The molecule has 0 aliphatic heterocycles. The molecule has 1 atom stereocenters. The molecule has 1 unspecified atom stereocenters. The monoisotopic (exact) mass is 1040 g/mol. The zero-order valence-corrected chi connectivity index (χ0v) is 48.5. The van der Waals surface area contributed by atoms with Crippen molar-refractivity contribution in [1.29, 1.82) is 0 Å². The lowest BCUT2D eigenvalue weighted by Crippen LogP contribution is -2.30. The number of allylic oxidation sites excluding steroid dienone is 22. The van der Waals surface area contributed by atoms with Crippen molar-refractivity contribution in [3.8, 4) is 0 Å². The standard InChI is InChI=1S/C69H112O6/c1-4-7-10-13-16-19-22-25-28-30-32-33-34-35-37-38-41-44-47-50-53-56-59-62-68(71)74-65-66(64-73-67(70)61-58-55-52-49-46-43-40-27-24-21-18-15-12-9-6-3)75-69(72)63-60-57-54-51-48-45-42-39-36-31-29-26-23-20-17-14-11-8-5-2/h7-8,10-11,16-17,19-20,25-29,32-33,35-37,39-41,44,66H,4-6,9,12-15,18,21-24,30-31,34,38,42-43,45-65H2,1-3H3/b10-7-,11-8-,19-16-,20-17-,28-25-,29-26-,33-32-,37-35-,39-36-,40-27-,44-41-. The minimum absolute atomic E-state index is 0.100. The molecule has 0 rings (SSSR count). The van der Waals surface area contributed by atoms with Crippen LogP contribution in [-0.2, 0) is 28.6 Å². The third kappa shape index (κ3) is 60.3. The van der Waals surface area contributed by atoms with Gasteiger partial charge in [0, 0.05) is 19.3 Å². The highest BCUT2D eigenvalue weighted by atomic mass is 16.6. The molecule has 0 N–H and O–H groups in total. The zero-order valence-electron chi connectivity index (χ0n) is 48.5. The minimum atomic E-state index is -0.806. The van der Waals surface area contributed by atoms with Gasteiger partial charge in [-0.15, -0.1) is 0 Å². The van der Waals surface area contributed by atoms with Crippen molar-refractivity contribution in [2.45, 2.75) is 271 Å². The number of carbonyl (C=O) groups excluding carboxylic acids is 3. The first-order valence-corrected chi connectivity index (χ1v) is 30.7. The molecule has 0 aliphatic rings. The maximum atomic E-state index is 12.9. The molecule has 6 nitrogen and oxygen atoms in total. The van der Waals surface area contributed by atoms with Gasteiger partial charge in [-0.05, 0) is 135 Å². The van der Waals surface area contributed by atoms with E-state index in [1.165, 1.54) is 64.2 Å². The number of ether oxygens (including phenoxy) is 3. The second-order valence-electron chi connectivity index (χ2n) is 19.8. The van der Waals surface area contributed by atoms with Crippen molar-refractivity contribution < 1.29 is 28.6 Å². The van der Waals surface area contributed by atoms with Crippen molar-refractivity contribution in [2.75, 3.05) is 13.2 Å². The van der Waals surface area contributed by atoms with Crippen molar-refractivity contribution in [3.63, 3.8) is 0 Å². The van der Waals surface area contributed by atoms with Crippen molar-refractivity contribution in [3.05, 3.63) is 134 Å². The van der Waals surface area contributed by atoms with Crippen LogP contribution in [0.25, 0.3) is 0 Å². The molecule has 0 saturated heterocycles. The zero-order chi connectivity index (χ0) is 54.3. The topological polar surface area (TPSA) is 78.9 Å². The Kier molecular flexibility index (Phi) is 58.4. The van der Waals surface area contributed by atoms with E-state index >= 15 is 0 Å². The number of rotatable bonds is 54. The van der Waals surface area contributed by atoms with E-state index in [1.807, 2.05) is 0 Å². The second-order valence-corrected chi connectivity index (χ2v) is 19.8. The summed E-state index contributed by atoms with van der Waals surface area (Å²) in [6.07, 6.45) is 87.2. The molecule has 6 heteroatoms. The van der Waals surface area contributed by atoms with Gasteiger partial charge >= 0.3 is 17.9 Å². The molecule has 0 amide bonds. The van der Waals surface area contributed by atoms with Crippen molar-refractivity contribution in [2.24, 2.45) is 0 Å². The average molecular weight is 1040 g/mol. The lowest BCUT2D eigenvalue weighted by Gasteiger charge is -2.18. The Bertz CT molecular complexity index is 1620. The smallest absolute Gasteiger partial charge is 0.306 e. The van der Waals surface area contributed by atoms with E-state index < -0.39 is 6.10 Å². The van der Waals surface area contributed by atoms with Crippen LogP contribution in [-0.4, -0.2) is 37.2 Å². The van der Waals surface area contributed by atoms with E-state index in [-0.39, 0.29) is 31.1 Å². The lowest BCUT2D eigenvalue weighted by molar-refractivity contribution is -0.167. The molecule has 0 aliphatic carbocycles. The van der Waals surface area contributed by atoms with Gasteiger partial charge in [-0.25, -0.2) is 0 Å². The van der Waals surface area contributed by atoms with E-state index in [9.17, 15) is 14.4 Å². The van der Waals surface area contributed by atoms with Crippen molar-refractivity contribution >= 4 is 17.9 Å². The molecule has 0 heterocycles. The van der Waals surface area contributed by atoms with Gasteiger partial charge in [0.15, 0.2) is 6.10 Å². The fourth-order valence-corrected chi connectivity index (χ4v) is 8.08. The number of esters is 3. The second kappa shape index (κ2) is 62.1. The van der Waals surface area contributed by atoms with E-state index in [0.717, 1.165) is 161 Å². The summed E-state index contributed by atoms with van der Waals surface area (Å²) in [5, 5.41) is 0. The minimum Gasteiger partial charge on any atom is -0.462 e. The largest absolute Gasteiger partial charge is 0.462 e. The van der Waals surface area contributed by atoms with Crippen LogP contribution < -0.4 is 0 Å². The van der Waals surface area contributed by atoms with Crippen LogP contribution in [0.5, 0.6) is 0 Å². The van der Waals surface area contributed by atoms with Gasteiger partial charge in [-0.3, -0.25) is 14.4 Å². The maximum Gasteiger partial charge on any atom is 0.306 e. The Morgan fingerprint density at radius 2 is 0.520 bits per heavy atom. The molecular formula is C69H112O6. The number of carbonyl (C=O) groups is 3. The van der Waals surface area contributed by atoms with Crippen LogP contribution in [0.3, 0.4) is 0 Å². The highest BCUT2D eigenvalue weighted by molar-refractivity contribution is 5.71. The van der Waals surface area contributed by atoms with Gasteiger partial charge in [-0.2, -0.15) is 0 Å². The fraction of sp³-hybridized carbons (Fsp3) is 0.638. The summed E-state index contributed by atoms with van der Waals surface area (Å²) in [6.45, 7) is 6.37. The summed E-state index contributed by atoms with van der Waals surface area (Å²) >= 11 is 0. The average Bonchev–Trinajstić information content (AvgIpc) is 3.41. The third-order valence-electron chi connectivity index (χ3n) is 12.6. The first-order chi connectivity index (χ1) is 37.0. The summed E-state index contributed by atoms with van der Waals surface area (Å²) in [6, 6.07) is 0. The van der Waals surface area contributed by atoms with E-state index in [2.05, 4.69) is 154 Å². The fourth-order valence-electron chi connectivity index (χ4n) is 8.08. The molecule has 0 aromatic heterocycles. The Hall–Kier alpha value is -4.45. The number of unbranched alkanes of at least 4 members (excludes halogenated alkanes) is 21. The normalized spacial score (nSPS) is 13.1. The predicted molar refractivity (Wildman–Crippen MR) is 325 cm³/mol. The van der Waals surface area contributed by atoms with Crippen LogP contribution >= 0.6 is 0 Å². The molecule has 0 bridgehead atoms. The number of hydrogen-bond acceptors (Lipinski definition) is 6. The highest BCUT2D eigenvalue weighted by Crippen LogP contribution is 2.14. The molecule has 0 radical (unpaired) electrons. The van der Waals surface area contributed by atoms with Gasteiger partial charge in [0.2, 0.25) is 0 Å². The van der Waals surface area contributed by atoms with Crippen LogP contribution in [0.15, 0.2) is 134 Å². The molecule has 0 aromatic rings. The molecule has 0 fully saturated rings. The van der Waals surface area contributed by atoms with E-state index in [0.29, 0.717) is 19.3 Å². The van der Waals surface area contributed by atoms with Gasteiger partial charge in [0.05, 0.1) is 0 Å². The summed E-state index contributed by atoms with van der Waals surface area (Å²) in [4.78, 5) is 38.3. The lowest BCUT2D eigenvalue weighted by atomic mass is 10.1. The highest BCUT2D eigenvalue weighted by Gasteiger charge is 2.19. The first kappa shape index (κ1) is 70.5. The predicted octanol–water partition coefficient (Wildman–Crippen LogP) is 21.0. The number of hydrogen-bond donors (Lipinski definition) is 0. The van der Waals surface area contributed by atoms with Crippen LogP contribution in [0.2, 0.25) is 0 Å². The maximum absolute atomic E-state index is 12.9. The van der Waals surface area contributed by atoms with E-state index in [4.69, 9.17) is 14.2 Å². The van der Waals surface area contributed by atoms with Gasteiger partial charge in [-0.1, -0.05) is 244 Å². The first-order valence-electron chi connectivity index (χ1n) is 30.7. The summed E-state index contributed by atoms with van der Waals surface area (Å²) in [5.74, 6) is -0.948. The van der Waals surface area contributed by atoms with Gasteiger partial charge < -0.3 is 14.2 Å². The molecule has 75 heavy (non-hydrogen) atoms. The molecule has 0 aromatic carbocycles. The Labute approximate surface area is 462 Å². The Morgan fingerprint density at radius 1 is 0.280 bits per heavy atom. The molecular weight excluding hydrogens is 925 g/mol. The molecule has 0 spiro atoms. The Morgan fingerprint density at radius 3 is 0.827 bits per heavy atom. The summed E-state index contributed by atoms with van der Waals surface area (Å²) < 4.78 is 16.9. The summed E-state index contributed by atoms with van der Waals surface area (Å²) in [5.41, 5.74) is 0. The van der Waals surface area contributed by atoms with Crippen LogP contribution in [0.4, 0.5) is 0 Å². The molecule has 0 saturated carbocycles. The van der Waals surface area contributed by atoms with E-state index in [1.54, 1.807) is 0 Å². The van der Waals surface area contributed by atoms with Crippen LogP contribution in [0, 0.1) is 0 Å². The SMILES string of the molecule is CC/C=C\C/C=C\C/C=C\C/C=C\C/C=C\C/C=C\CCCCCCC(=O)OCC(COC(=O)CCCCCCC/C=C\CCCCCCCC)OC(=O)CCCCCCCC/C=C\C/C=C\C/C=C\C/C=C\CC. The summed E-state index contributed by atoms with van der Waals surface area (Å²) in [7, 11) is 0. The Balaban J connectivity index is 4.49. The molecule has 424 valence electrons. The van der Waals surface area contributed by atoms with Gasteiger partial charge in [0.1, 0.15) is 13.2 Å². The van der Waals surface area contributed by atoms with Crippen molar-refractivity contribution in [1.82, 2.24) is 0 Å².